The summed E-state index contributed by atoms with van der Waals surface area (Å²) in [6, 6.07) is 2.86. The van der Waals surface area contributed by atoms with Gasteiger partial charge in [0.2, 0.25) is 0 Å². The molecule has 0 saturated carbocycles. The predicted octanol–water partition coefficient (Wildman–Crippen LogP) is 2.55. The number of phenolic OH excluding ortho intramolecular Hbond substituents is 1. The Morgan fingerprint density at radius 3 is 2.62 bits per heavy atom. The minimum Gasteiger partial charge on any atom is -0.506 e. The molecule has 2 rings (SSSR count). The number of nitrogens with zero attached hydrogens (tertiary/aromatic N) is 2. The molecule has 0 radical (unpaired) electrons. The molecule has 0 saturated heterocycles. The molecule has 1 aromatic carbocycles. The van der Waals surface area contributed by atoms with E-state index in [0.717, 1.165) is 5.01 Å². The van der Waals surface area contributed by atoms with E-state index in [-0.39, 0.29) is 27.6 Å². The first-order valence-electron chi connectivity index (χ1n) is 7.77. The number of hydrazone groups is 1. The van der Waals surface area contributed by atoms with Crippen molar-refractivity contribution in [2.75, 3.05) is 6.54 Å². The Bertz CT molecular complexity index is 845. The summed E-state index contributed by atoms with van der Waals surface area (Å²) in [5.74, 6) is -2.75. The summed E-state index contributed by atoms with van der Waals surface area (Å²) in [4.78, 5) is 23.2. The number of aliphatic hydroxyl groups is 1. The zero-order valence-corrected chi connectivity index (χ0v) is 14.9. The lowest BCUT2D eigenvalue weighted by Gasteiger charge is -2.31. The molecule has 0 atom stereocenters. The topological polar surface area (TPSA) is 122 Å². The van der Waals surface area contributed by atoms with Gasteiger partial charge in [0.1, 0.15) is 12.3 Å². The Labute approximate surface area is 154 Å². The van der Waals surface area contributed by atoms with Gasteiger partial charge in [-0.05, 0) is 25.5 Å². The number of fused-ring (bicyclic) bond motifs is 1. The summed E-state index contributed by atoms with van der Waals surface area (Å²) in [6.07, 6.45) is 3.65. The van der Waals surface area contributed by atoms with Gasteiger partial charge in [-0.25, -0.2) is 5.01 Å². The zero-order valence-electron chi connectivity index (χ0n) is 14.2. The zero-order chi connectivity index (χ0) is 19.4. The first-order chi connectivity index (χ1) is 12.3. The molecular formula is C17H18ClN3O5. The van der Waals surface area contributed by atoms with E-state index in [1.165, 1.54) is 18.3 Å². The van der Waals surface area contributed by atoms with Crippen LogP contribution in [0.3, 0.4) is 0 Å². The minimum atomic E-state index is -1.23. The number of carboxylic acid groups (broad SMARTS) is 1. The van der Waals surface area contributed by atoms with Crippen molar-refractivity contribution < 1.29 is 24.9 Å². The third-order valence-corrected chi connectivity index (χ3v) is 3.85. The number of hydrogen-bond donors (Lipinski definition) is 4. The maximum absolute atomic E-state index is 12.5. The van der Waals surface area contributed by atoms with E-state index >= 15 is 0 Å². The maximum atomic E-state index is 12.5. The number of aliphatic hydroxyl groups excluding tert-OH is 1. The second kappa shape index (κ2) is 7.92. The summed E-state index contributed by atoms with van der Waals surface area (Å²) >= 11 is 5.99. The largest absolute Gasteiger partial charge is 0.506 e. The third-order valence-electron chi connectivity index (χ3n) is 3.55. The SMILES string of the molecule is C/C=N\N1C(C(=O)NCC(=O)O)=C(O)c2ccc(Cl)c(O)c2/C1=C\CC. The van der Waals surface area contributed by atoms with Crippen LogP contribution in [0.4, 0.5) is 0 Å². The predicted molar refractivity (Wildman–Crippen MR) is 97.6 cm³/mol. The van der Waals surface area contributed by atoms with Gasteiger partial charge >= 0.3 is 5.97 Å². The van der Waals surface area contributed by atoms with Crippen molar-refractivity contribution in [1.29, 1.82) is 0 Å². The molecule has 9 heteroatoms. The highest BCUT2D eigenvalue weighted by Crippen LogP contribution is 2.44. The van der Waals surface area contributed by atoms with Crippen LogP contribution in [-0.4, -0.2) is 45.0 Å². The number of carbonyl (C=O) groups excluding carboxylic acids is 1. The van der Waals surface area contributed by atoms with Crippen molar-refractivity contribution in [2.45, 2.75) is 20.3 Å². The molecule has 1 aromatic rings. The van der Waals surface area contributed by atoms with E-state index in [4.69, 9.17) is 16.7 Å². The number of aliphatic carboxylic acids is 1. The molecule has 1 aliphatic heterocycles. The van der Waals surface area contributed by atoms with Gasteiger partial charge in [0.25, 0.3) is 5.91 Å². The highest BCUT2D eigenvalue weighted by atomic mass is 35.5. The van der Waals surface area contributed by atoms with Gasteiger partial charge < -0.3 is 20.6 Å². The summed E-state index contributed by atoms with van der Waals surface area (Å²) in [5, 5.41) is 37.3. The second-order valence-electron chi connectivity index (χ2n) is 5.28. The van der Waals surface area contributed by atoms with Gasteiger partial charge in [0, 0.05) is 11.8 Å². The molecule has 1 heterocycles. The molecule has 26 heavy (non-hydrogen) atoms. The fourth-order valence-electron chi connectivity index (χ4n) is 2.54. The Morgan fingerprint density at radius 1 is 1.35 bits per heavy atom. The van der Waals surface area contributed by atoms with E-state index in [0.29, 0.717) is 12.1 Å². The van der Waals surface area contributed by atoms with Crippen LogP contribution in [0, 0.1) is 0 Å². The summed E-state index contributed by atoms with van der Waals surface area (Å²) in [7, 11) is 0. The number of amides is 1. The molecule has 0 fully saturated rings. The van der Waals surface area contributed by atoms with Crippen LogP contribution in [0.2, 0.25) is 5.02 Å². The van der Waals surface area contributed by atoms with Crippen LogP contribution >= 0.6 is 11.6 Å². The number of aromatic hydroxyl groups is 1. The highest BCUT2D eigenvalue weighted by molar-refractivity contribution is 6.32. The van der Waals surface area contributed by atoms with Crippen LogP contribution in [0.5, 0.6) is 5.75 Å². The number of rotatable bonds is 5. The van der Waals surface area contributed by atoms with Crippen LogP contribution in [0.15, 0.2) is 29.0 Å². The average molecular weight is 380 g/mol. The minimum absolute atomic E-state index is 0.0813. The van der Waals surface area contributed by atoms with E-state index in [1.807, 2.05) is 6.92 Å². The quantitative estimate of drug-likeness (QED) is 0.583. The molecule has 1 aliphatic rings. The van der Waals surface area contributed by atoms with Crippen molar-refractivity contribution in [1.82, 2.24) is 10.3 Å². The lowest BCUT2D eigenvalue weighted by Crippen LogP contribution is -2.37. The number of benzene rings is 1. The molecule has 4 N–H and O–H groups in total. The molecule has 138 valence electrons. The Morgan fingerprint density at radius 2 is 2.04 bits per heavy atom. The highest BCUT2D eigenvalue weighted by Gasteiger charge is 2.35. The summed E-state index contributed by atoms with van der Waals surface area (Å²) < 4.78 is 0. The normalized spacial score (nSPS) is 15.5. The molecular weight excluding hydrogens is 362 g/mol. The third kappa shape index (κ3) is 3.50. The fraction of sp³-hybridized carbons (Fsp3) is 0.235. The molecule has 0 aromatic heterocycles. The van der Waals surface area contributed by atoms with E-state index in [2.05, 4.69) is 10.4 Å². The van der Waals surface area contributed by atoms with Crippen molar-refractivity contribution in [2.24, 2.45) is 5.10 Å². The van der Waals surface area contributed by atoms with Crippen LogP contribution < -0.4 is 5.32 Å². The molecule has 8 nitrogen and oxygen atoms in total. The number of halogens is 1. The first-order valence-corrected chi connectivity index (χ1v) is 8.15. The average Bonchev–Trinajstić information content (AvgIpc) is 2.59. The van der Waals surface area contributed by atoms with Crippen LogP contribution in [0.25, 0.3) is 11.5 Å². The number of carboxylic acids is 1. The number of nitrogens with one attached hydrogen (secondary N) is 1. The molecule has 0 spiro atoms. The monoisotopic (exact) mass is 379 g/mol. The van der Waals surface area contributed by atoms with E-state index in [1.54, 1.807) is 13.0 Å². The first kappa shape index (κ1) is 19.3. The molecule has 0 aliphatic carbocycles. The maximum Gasteiger partial charge on any atom is 0.322 e. The van der Waals surface area contributed by atoms with Crippen LogP contribution in [-0.2, 0) is 9.59 Å². The van der Waals surface area contributed by atoms with Crippen LogP contribution in [0.1, 0.15) is 31.4 Å². The van der Waals surface area contributed by atoms with Gasteiger partial charge in [-0.2, -0.15) is 5.10 Å². The van der Waals surface area contributed by atoms with Gasteiger partial charge in [-0.3, -0.25) is 9.59 Å². The van der Waals surface area contributed by atoms with Crippen molar-refractivity contribution in [3.63, 3.8) is 0 Å². The number of phenols is 1. The standard InChI is InChI=1S/C17H18ClN3O5/c1-3-5-11-13-9(6-7-10(18)16(13)25)15(24)14(21(11)20-4-2)17(26)19-8-12(22)23/h4-7,24-25H,3,8H2,1-2H3,(H,19,26)(H,22,23)/b11-5+,20-4-. The van der Waals surface area contributed by atoms with Gasteiger partial charge in [0.05, 0.1) is 16.3 Å². The van der Waals surface area contributed by atoms with Crippen molar-refractivity contribution >= 4 is 41.1 Å². The molecule has 0 bridgehead atoms. The fourth-order valence-corrected chi connectivity index (χ4v) is 2.69. The van der Waals surface area contributed by atoms with Gasteiger partial charge in [-0.1, -0.05) is 24.6 Å². The number of hydrogen-bond acceptors (Lipinski definition) is 6. The second-order valence-corrected chi connectivity index (χ2v) is 5.68. The summed E-state index contributed by atoms with van der Waals surface area (Å²) in [5.41, 5.74) is 0.518. The lowest BCUT2D eigenvalue weighted by molar-refractivity contribution is -0.137. The number of carbonyl (C=O) groups is 2. The van der Waals surface area contributed by atoms with E-state index in [9.17, 15) is 19.8 Å². The Balaban J connectivity index is 2.74. The van der Waals surface area contributed by atoms with Crippen molar-refractivity contribution in [3.05, 3.63) is 40.1 Å². The molecule has 0 unspecified atom stereocenters. The van der Waals surface area contributed by atoms with Gasteiger partial charge in [-0.15, -0.1) is 0 Å². The lowest BCUT2D eigenvalue weighted by atomic mass is 9.95. The number of allylic oxidation sites excluding steroid dienone is 1. The molecule has 1 amide bonds. The summed E-state index contributed by atoms with van der Waals surface area (Å²) in [6.45, 7) is 2.84. The Hall–Kier alpha value is -3.00. The Kier molecular flexibility index (Phi) is 5.89. The van der Waals surface area contributed by atoms with Crippen molar-refractivity contribution in [3.8, 4) is 5.75 Å². The van der Waals surface area contributed by atoms with Gasteiger partial charge in [0.15, 0.2) is 11.5 Å². The smallest absolute Gasteiger partial charge is 0.322 e. The van der Waals surface area contributed by atoms with E-state index < -0.39 is 24.2 Å².